The van der Waals surface area contributed by atoms with Crippen molar-refractivity contribution < 1.29 is 28.3 Å². The lowest BCUT2D eigenvalue weighted by Crippen LogP contribution is -2.51. The minimum absolute atomic E-state index is 0.0413. The molecule has 3 amide bonds. The molecule has 2 aromatic carbocycles. The minimum atomic E-state index is -0.978. The van der Waals surface area contributed by atoms with Crippen LogP contribution in [0.5, 0.6) is 0 Å². The number of hydrogen-bond donors (Lipinski definition) is 4. The number of carbonyl (C=O) groups is 3. The summed E-state index contributed by atoms with van der Waals surface area (Å²) in [5.41, 5.74) is 7.86. The Kier molecular flexibility index (Phi) is 11.3. The van der Waals surface area contributed by atoms with Gasteiger partial charge in [-0.2, -0.15) is 0 Å². The van der Waals surface area contributed by atoms with Crippen molar-refractivity contribution in [2.45, 2.75) is 71.1 Å². The number of halogens is 2. The summed E-state index contributed by atoms with van der Waals surface area (Å²) in [7, 11) is 1.57. The van der Waals surface area contributed by atoms with E-state index in [0.717, 1.165) is 30.2 Å². The van der Waals surface area contributed by atoms with Crippen LogP contribution in [0.1, 0.15) is 63.8 Å². The third-order valence-corrected chi connectivity index (χ3v) is 8.68. The number of aliphatic hydroxyl groups excluding tert-OH is 1. The maximum Gasteiger partial charge on any atom is 0.248 e. The number of aliphatic hydroxyl groups is 1. The van der Waals surface area contributed by atoms with Gasteiger partial charge < -0.3 is 30.9 Å². The highest BCUT2D eigenvalue weighted by molar-refractivity contribution is 5.84. The van der Waals surface area contributed by atoms with Crippen molar-refractivity contribution in [3.05, 3.63) is 83.7 Å². The van der Waals surface area contributed by atoms with Crippen LogP contribution < -0.4 is 16.4 Å². The molecular formula is C35H45F2N5O4. The fraction of sp³-hybridized carbons (Fsp3) is 0.457. The third-order valence-electron chi connectivity index (χ3n) is 8.68. The topological polar surface area (TPSA) is 130 Å². The molecule has 9 nitrogen and oxygen atoms in total. The predicted molar refractivity (Wildman–Crippen MR) is 172 cm³/mol. The number of nitrogens with zero attached hydrogens (tertiary/aromatic N) is 2. The predicted octanol–water partition coefficient (Wildman–Crippen LogP) is 4.14. The molecule has 0 unspecified atom stereocenters. The van der Waals surface area contributed by atoms with Gasteiger partial charge in [0.25, 0.3) is 0 Å². The van der Waals surface area contributed by atoms with Crippen molar-refractivity contribution >= 4 is 17.7 Å². The van der Waals surface area contributed by atoms with Crippen LogP contribution in [0.3, 0.4) is 0 Å². The summed E-state index contributed by atoms with van der Waals surface area (Å²) in [5, 5.41) is 15.6. The molecule has 0 spiro atoms. The lowest BCUT2D eigenvalue weighted by atomic mass is 9.82. The van der Waals surface area contributed by atoms with Gasteiger partial charge in [-0.25, -0.2) is 8.78 Å². The Morgan fingerprint density at radius 1 is 1.09 bits per heavy atom. The molecule has 0 aliphatic heterocycles. The first-order chi connectivity index (χ1) is 21.8. The summed E-state index contributed by atoms with van der Waals surface area (Å²) in [6.45, 7) is 5.50. The molecule has 1 heterocycles. The summed E-state index contributed by atoms with van der Waals surface area (Å²) in [5.74, 6) is -2.59. The number of carbonyl (C=O) groups excluding carboxylic acids is 3. The number of nitrogens with two attached hydrogens (primary N) is 1. The Bertz CT molecular complexity index is 1520. The second-order valence-corrected chi connectivity index (χ2v) is 13.1. The normalized spacial score (nSPS) is 17.7. The largest absolute Gasteiger partial charge is 0.387 e. The highest BCUT2D eigenvalue weighted by atomic mass is 19.1. The molecule has 1 saturated carbocycles. The molecule has 248 valence electrons. The van der Waals surface area contributed by atoms with Crippen LogP contribution in [-0.2, 0) is 20.9 Å². The van der Waals surface area contributed by atoms with Crippen molar-refractivity contribution in [1.29, 1.82) is 0 Å². The van der Waals surface area contributed by atoms with Gasteiger partial charge in [-0.15, -0.1) is 0 Å². The lowest BCUT2D eigenvalue weighted by Gasteiger charge is -2.41. The van der Waals surface area contributed by atoms with Gasteiger partial charge in [0.2, 0.25) is 17.7 Å². The number of amides is 3. The van der Waals surface area contributed by atoms with Crippen molar-refractivity contribution in [2.24, 2.45) is 17.1 Å². The van der Waals surface area contributed by atoms with E-state index in [-0.39, 0.29) is 36.4 Å². The molecule has 46 heavy (non-hydrogen) atoms. The summed E-state index contributed by atoms with van der Waals surface area (Å²) >= 11 is 0. The van der Waals surface area contributed by atoms with Gasteiger partial charge in [0.15, 0.2) is 0 Å². The SMILES string of the molecule is CNC(=O)[C@@H]1CCC[C@@H]1NC(=O)[C@@H](N)CCN(C(=O)CO)[C@@H](c1cc(-c2cc(F)ccc2F)cn1Cc1ccccc1)C(C)(C)C. The van der Waals surface area contributed by atoms with E-state index in [1.54, 1.807) is 19.3 Å². The number of aromatic nitrogens is 1. The van der Waals surface area contributed by atoms with E-state index in [1.165, 1.54) is 4.90 Å². The monoisotopic (exact) mass is 637 g/mol. The third kappa shape index (κ3) is 8.19. The van der Waals surface area contributed by atoms with Gasteiger partial charge in [0, 0.05) is 49.2 Å². The average molecular weight is 638 g/mol. The van der Waals surface area contributed by atoms with E-state index < -0.39 is 47.6 Å². The number of nitrogens with one attached hydrogen (secondary N) is 2. The zero-order chi connectivity index (χ0) is 33.6. The van der Waals surface area contributed by atoms with Crippen molar-refractivity contribution in [2.75, 3.05) is 20.2 Å². The zero-order valence-corrected chi connectivity index (χ0v) is 26.9. The fourth-order valence-electron chi connectivity index (χ4n) is 6.43. The number of rotatable bonds is 12. The summed E-state index contributed by atoms with van der Waals surface area (Å²) in [6, 6.07) is 12.7. The van der Waals surface area contributed by atoms with E-state index in [1.807, 2.05) is 55.7 Å². The smallest absolute Gasteiger partial charge is 0.248 e. The van der Waals surface area contributed by atoms with Crippen LogP contribution in [-0.4, -0.2) is 64.6 Å². The maximum absolute atomic E-state index is 15.0. The minimum Gasteiger partial charge on any atom is -0.387 e. The molecule has 1 fully saturated rings. The van der Waals surface area contributed by atoms with E-state index in [0.29, 0.717) is 30.6 Å². The maximum atomic E-state index is 15.0. The summed E-state index contributed by atoms with van der Waals surface area (Å²) in [6.07, 6.45) is 3.99. The fourth-order valence-corrected chi connectivity index (χ4v) is 6.43. The molecule has 0 saturated heterocycles. The Morgan fingerprint density at radius 3 is 2.46 bits per heavy atom. The molecule has 3 aromatic rings. The van der Waals surface area contributed by atoms with Gasteiger partial charge >= 0.3 is 0 Å². The van der Waals surface area contributed by atoms with Crippen LogP contribution in [0.25, 0.3) is 11.1 Å². The number of benzene rings is 2. The second-order valence-electron chi connectivity index (χ2n) is 13.1. The molecule has 1 aromatic heterocycles. The van der Waals surface area contributed by atoms with Gasteiger partial charge in [-0.05, 0) is 54.5 Å². The Morgan fingerprint density at radius 2 is 1.80 bits per heavy atom. The quantitative estimate of drug-likeness (QED) is 0.237. The highest BCUT2D eigenvalue weighted by Gasteiger charge is 2.38. The summed E-state index contributed by atoms with van der Waals surface area (Å²) < 4.78 is 31.1. The Balaban J connectivity index is 1.67. The molecule has 11 heteroatoms. The van der Waals surface area contributed by atoms with Gasteiger partial charge in [-0.1, -0.05) is 57.5 Å². The van der Waals surface area contributed by atoms with Crippen molar-refractivity contribution in [3.63, 3.8) is 0 Å². The zero-order valence-electron chi connectivity index (χ0n) is 26.9. The van der Waals surface area contributed by atoms with Gasteiger partial charge in [0.1, 0.15) is 18.2 Å². The molecule has 0 radical (unpaired) electrons. The number of hydrogen-bond acceptors (Lipinski definition) is 5. The summed E-state index contributed by atoms with van der Waals surface area (Å²) in [4.78, 5) is 40.3. The lowest BCUT2D eigenvalue weighted by molar-refractivity contribution is -0.140. The molecule has 5 N–H and O–H groups in total. The molecular weight excluding hydrogens is 592 g/mol. The van der Waals surface area contributed by atoms with Crippen LogP contribution in [0.4, 0.5) is 8.78 Å². The van der Waals surface area contributed by atoms with E-state index in [9.17, 15) is 28.3 Å². The van der Waals surface area contributed by atoms with Crippen LogP contribution in [0, 0.1) is 23.0 Å². The average Bonchev–Trinajstić information content (AvgIpc) is 3.66. The molecule has 0 bridgehead atoms. The molecule has 1 aliphatic rings. The van der Waals surface area contributed by atoms with Crippen LogP contribution in [0.15, 0.2) is 60.8 Å². The van der Waals surface area contributed by atoms with Crippen LogP contribution >= 0.6 is 0 Å². The Labute approximate surface area is 269 Å². The molecule has 4 rings (SSSR count). The van der Waals surface area contributed by atoms with E-state index in [4.69, 9.17) is 5.73 Å². The molecule has 1 aliphatic carbocycles. The van der Waals surface area contributed by atoms with Crippen LogP contribution in [0.2, 0.25) is 0 Å². The standard InChI is InChI=1S/C35H45F2N5O4/c1-35(2,3)32(42(31(44)21-43)16-15-28(38)34(46)40-29-12-8-11-25(29)33(45)39-4)30-17-23(26-18-24(36)13-14-27(26)37)20-41(30)19-22-9-6-5-7-10-22/h5-7,9-10,13-14,17-18,20,25,28-29,32,43H,8,11-12,15-16,19,21,38H2,1-4H3,(H,39,45)(H,40,46)/t25-,28+,29+,32+/m1/s1. The first-order valence-corrected chi connectivity index (χ1v) is 15.7. The Hall–Kier alpha value is -4.09. The van der Waals surface area contributed by atoms with Crippen molar-refractivity contribution in [1.82, 2.24) is 20.1 Å². The first kappa shape index (κ1) is 34.8. The van der Waals surface area contributed by atoms with Crippen molar-refractivity contribution in [3.8, 4) is 11.1 Å². The van der Waals surface area contributed by atoms with E-state index in [2.05, 4.69) is 10.6 Å². The second kappa shape index (κ2) is 15.0. The first-order valence-electron chi connectivity index (χ1n) is 15.7. The molecule has 4 atom stereocenters. The van der Waals surface area contributed by atoms with Gasteiger partial charge in [0.05, 0.1) is 18.0 Å². The van der Waals surface area contributed by atoms with Gasteiger partial charge in [-0.3, -0.25) is 14.4 Å². The van der Waals surface area contributed by atoms with E-state index >= 15 is 0 Å². The highest BCUT2D eigenvalue weighted by Crippen LogP contribution is 2.41.